The van der Waals surface area contributed by atoms with Gasteiger partial charge in [0.25, 0.3) is 0 Å². The minimum atomic E-state index is -5.00. The van der Waals surface area contributed by atoms with Crippen molar-refractivity contribution in [3.05, 3.63) is 82.8 Å². The predicted molar refractivity (Wildman–Crippen MR) is 148 cm³/mol. The second-order valence-electron chi connectivity index (χ2n) is 9.93. The lowest BCUT2D eigenvalue weighted by atomic mass is 10.0. The first kappa shape index (κ1) is 31.6. The smallest absolute Gasteiger partial charge is 0.416 e. The number of methoxy groups -OCH3 is 1. The summed E-state index contributed by atoms with van der Waals surface area (Å²) >= 11 is 0. The number of carbonyl (C=O) groups excluding carboxylic acids is 1. The van der Waals surface area contributed by atoms with E-state index in [0.29, 0.717) is 24.7 Å². The summed E-state index contributed by atoms with van der Waals surface area (Å²) in [6, 6.07) is 7.04. The number of aryl methyl sites for hydroxylation is 2. The third-order valence-corrected chi connectivity index (χ3v) is 6.93. The van der Waals surface area contributed by atoms with Crippen molar-refractivity contribution in [2.45, 2.75) is 45.1 Å². The Bertz CT molecular complexity index is 1570. The maximum atomic E-state index is 13.8. The molecular weight excluding hydrogens is 578 g/mol. The lowest BCUT2D eigenvalue weighted by Gasteiger charge is -2.25. The molecule has 0 aliphatic heterocycles. The molecule has 0 aliphatic rings. The van der Waals surface area contributed by atoms with Gasteiger partial charge in [-0.15, -0.1) is 0 Å². The molecule has 0 saturated carbocycles. The van der Waals surface area contributed by atoms with E-state index in [1.165, 1.54) is 12.0 Å². The number of ether oxygens (including phenoxy) is 2. The number of halogens is 6. The Balaban J connectivity index is 1.53. The maximum Gasteiger partial charge on any atom is 0.416 e. The van der Waals surface area contributed by atoms with E-state index in [1.54, 1.807) is 24.5 Å². The van der Waals surface area contributed by atoms with E-state index in [9.17, 15) is 31.1 Å². The highest BCUT2D eigenvalue weighted by atomic mass is 19.4. The lowest BCUT2D eigenvalue weighted by Crippen LogP contribution is -2.28. The third kappa shape index (κ3) is 7.76. The van der Waals surface area contributed by atoms with Crippen molar-refractivity contribution in [2.24, 2.45) is 7.05 Å². The van der Waals surface area contributed by atoms with Crippen LogP contribution < -0.4 is 9.64 Å². The fourth-order valence-electron chi connectivity index (χ4n) is 4.66. The molecule has 4 aromatic rings. The normalized spacial score (nSPS) is 12.0. The van der Waals surface area contributed by atoms with Crippen molar-refractivity contribution in [1.82, 2.24) is 14.5 Å². The summed E-state index contributed by atoms with van der Waals surface area (Å²) in [4.78, 5) is 21.9. The molecule has 0 radical (unpaired) electrons. The van der Waals surface area contributed by atoms with Crippen LogP contribution in [0.5, 0.6) is 5.75 Å². The molecule has 43 heavy (non-hydrogen) atoms. The molecule has 0 N–H and O–H groups in total. The molecule has 4 rings (SSSR count). The van der Waals surface area contributed by atoms with Crippen LogP contribution in [0.4, 0.5) is 32.3 Å². The number of aromatic nitrogens is 3. The zero-order chi connectivity index (χ0) is 31.4. The number of carbonyl (C=O) groups is 1. The third-order valence-electron chi connectivity index (χ3n) is 6.93. The van der Waals surface area contributed by atoms with Crippen molar-refractivity contribution in [1.29, 1.82) is 0 Å². The summed E-state index contributed by atoms with van der Waals surface area (Å²) in [5, 5.41) is 0.818. The van der Waals surface area contributed by atoms with Gasteiger partial charge in [-0.1, -0.05) is 13.0 Å². The summed E-state index contributed by atoms with van der Waals surface area (Å²) in [7, 11) is 3.17. The van der Waals surface area contributed by atoms with Gasteiger partial charge in [-0.3, -0.25) is 4.79 Å². The number of esters is 1. The number of hydrogen-bond donors (Lipinski definition) is 0. The van der Waals surface area contributed by atoms with E-state index >= 15 is 0 Å². The Labute approximate surface area is 244 Å². The second kappa shape index (κ2) is 12.9. The van der Waals surface area contributed by atoms with E-state index in [-0.39, 0.29) is 49.7 Å². The van der Waals surface area contributed by atoms with Crippen molar-refractivity contribution in [2.75, 3.05) is 25.2 Å². The first-order chi connectivity index (χ1) is 20.3. The van der Waals surface area contributed by atoms with Crippen LogP contribution in [0, 0.1) is 0 Å². The topological polar surface area (TPSA) is 69.5 Å². The van der Waals surface area contributed by atoms with E-state index < -0.39 is 23.5 Å². The molecule has 7 nitrogen and oxygen atoms in total. The van der Waals surface area contributed by atoms with Gasteiger partial charge in [0, 0.05) is 49.6 Å². The molecule has 0 aliphatic carbocycles. The summed E-state index contributed by atoms with van der Waals surface area (Å²) in [6.45, 7) is 1.86. The Morgan fingerprint density at radius 1 is 0.977 bits per heavy atom. The monoisotopic (exact) mass is 608 g/mol. The van der Waals surface area contributed by atoms with Gasteiger partial charge in [0.15, 0.2) is 0 Å². The van der Waals surface area contributed by atoms with Crippen LogP contribution >= 0.6 is 0 Å². The molecule has 0 unspecified atom stereocenters. The highest BCUT2D eigenvalue weighted by Crippen LogP contribution is 2.38. The summed E-state index contributed by atoms with van der Waals surface area (Å²) < 4.78 is 93.6. The Hall–Kier alpha value is -4.29. The van der Waals surface area contributed by atoms with Gasteiger partial charge in [-0.05, 0) is 59.9 Å². The van der Waals surface area contributed by atoms with Crippen LogP contribution in [-0.2, 0) is 48.3 Å². The summed E-state index contributed by atoms with van der Waals surface area (Å²) in [6.07, 6.45) is -3.88. The minimum Gasteiger partial charge on any atom is -0.494 e. The van der Waals surface area contributed by atoms with Crippen LogP contribution in [0.3, 0.4) is 0 Å². The van der Waals surface area contributed by atoms with E-state index in [2.05, 4.69) is 9.97 Å². The molecule has 2 aromatic carbocycles. The molecule has 0 bridgehead atoms. The lowest BCUT2D eigenvalue weighted by molar-refractivity contribution is -0.143. The molecular formula is C30H30F6N4O3. The fourth-order valence-corrected chi connectivity index (χ4v) is 4.66. The second-order valence-corrected chi connectivity index (χ2v) is 9.93. The van der Waals surface area contributed by atoms with Gasteiger partial charge >= 0.3 is 18.3 Å². The van der Waals surface area contributed by atoms with Crippen LogP contribution in [0.1, 0.15) is 41.2 Å². The van der Waals surface area contributed by atoms with E-state index in [4.69, 9.17) is 9.47 Å². The highest BCUT2D eigenvalue weighted by molar-refractivity contribution is 5.89. The summed E-state index contributed by atoms with van der Waals surface area (Å²) in [5.41, 5.74) is -0.602. The number of anilines is 1. The molecule has 0 fully saturated rings. The number of fused-ring (bicyclic) bond motifs is 1. The first-order valence-electron chi connectivity index (χ1n) is 13.4. The Morgan fingerprint density at radius 3 is 2.33 bits per heavy atom. The van der Waals surface area contributed by atoms with Gasteiger partial charge in [-0.25, -0.2) is 9.97 Å². The van der Waals surface area contributed by atoms with E-state index in [1.807, 2.05) is 30.8 Å². The molecule has 0 saturated heterocycles. The molecule has 2 heterocycles. The fraction of sp³-hybridized carbons (Fsp3) is 0.367. The standard InChI is InChI=1S/C30H30F6N4O3/c1-4-19-15-37-28(38-16-19)40(18-20-6-7-22(29(31,32)33)13-25(20)30(34,35)36)10-5-11-43-23-8-9-26-24(14-23)21(17-39(26)2)12-27(41)42-3/h6-9,13-17H,4-5,10-12,18H2,1-3H3. The zero-order valence-corrected chi connectivity index (χ0v) is 23.7. The van der Waals surface area contributed by atoms with Crippen LogP contribution in [0.15, 0.2) is 55.0 Å². The number of alkyl halides is 6. The van der Waals surface area contributed by atoms with Gasteiger partial charge in [-0.2, -0.15) is 26.3 Å². The predicted octanol–water partition coefficient (Wildman–Crippen LogP) is 6.76. The maximum absolute atomic E-state index is 13.8. The number of rotatable bonds is 11. The van der Waals surface area contributed by atoms with Crippen molar-refractivity contribution >= 4 is 22.8 Å². The van der Waals surface area contributed by atoms with Gasteiger partial charge < -0.3 is 18.9 Å². The largest absolute Gasteiger partial charge is 0.494 e. The van der Waals surface area contributed by atoms with E-state index in [0.717, 1.165) is 28.1 Å². The van der Waals surface area contributed by atoms with Crippen LogP contribution in [0.25, 0.3) is 10.9 Å². The van der Waals surface area contributed by atoms with Crippen LogP contribution in [0.2, 0.25) is 0 Å². The Kier molecular flexibility index (Phi) is 9.51. The van der Waals surface area contributed by atoms with Gasteiger partial charge in [0.05, 0.1) is 31.3 Å². The zero-order valence-electron chi connectivity index (χ0n) is 23.7. The molecule has 0 spiro atoms. The highest BCUT2D eigenvalue weighted by Gasteiger charge is 2.38. The van der Waals surface area contributed by atoms with Crippen molar-refractivity contribution in [3.8, 4) is 5.75 Å². The molecule has 0 atom stereocenters. The average molecular weight is 609 g/mol. The molecule has 2 aromatic heterocycles. The molecule has 0 amide bonds. The van der Waals surface area contributed by atoms with Crippen molar-refractivity contribution < 1.29 is 40.6 Å². The van der Waals surface area contributed by atoms with Crippen LogP contribution in [-0.4, -0.2) is 40.8 Å². The van der Waals surface area contributed by atoms with Gasteiger partial charge in [0.1, 0.15) is 5.75 Å². The Morgan fingerprint density at radius 2 is 1.70 bits per heavy atom. The molecule has 13 heteroatoms. The molecule has 230 valence electrons. The number of nitrogens with zero attached hydrogens (tertiary/aromatic N) is 4. The quantitative estimate of drug-likeness (QED) is 0.107. The van der Waals surface area contributed by atoms with Crippen molar-refractivity contribution in [3.63, 3.8) is 0 Å². The average Bonchev–Trinajstić information content (AvgIpc) is 3.27. The summed E-state index contributed by atoms with van der Waals surface area (Å²) in [5.74, 6) is 0.292. The SMILES string of the molecule is CCc1cnc(N(CCCOc2ccc3c(c2)c(CC(=O)OC)cn3C)Cc2ccc(C(F)(F)F)cc2C(F)(F)F)nc1. The first-order valence-corrected chi connectivity index (χ1v) is 13.4. The number of hydrogen-bond acceptors (Lipinski definition) is 6. The number of benzene rings is 2. The van der Waals surface area contributed by atoms with Gasteiger partial charge in [0.2, 0.25) is 5.95 Å². The minimum absolute atomic E-state index is 0.0902.